The first-order valence-electron chi connectivity index (χ1n) is 10.1. The van der Waals surface area contributed by atoms with Crippen LogP contribution in [-0.4, -0.2) is 52.1 Å². The maximum absolute atomic E-state index is 12.8. The Morgan fingerprint density at radius 1 is 1.18 bits per heavy atom. The third-order valence-electron chi connectivity index (χ3n) is 5.12. The average Bonchev–Trinajstić information content (AvgIpc) is 3.15. The van der Waals surface area contributed by atoms with Crippen molar-refractivity contribution in [2.75, 3.05) is 31.1 Å². The lowest BCUT2D eigenvalue weighted by Crippen LogP contribution is -2.49. The summed E-state index contributed by atoms with van der Waals surface area (Å²) in [7, 11) is 0. The van der Waals surface area contributed by atoms with Gasteiger partial charge in [-0.05, 0) is 6.42 Å². The molecule has 1 fully saturated rings. The molecule has 0 aromatic carbocycles. The van der Waals surface area contributed by atoms with E-state index in [9.17, 15) is 4.79 Å². The Kier molecular flexibility index (Phi) is 5.72. The maximum Gasteiger partial charge on any atom is 0.259 e. The van der Waals surface area contributed by atoms with Crippen molar-refractivity contribution >= 4 is 11.7 Å². The summed E-state index contributed by atoms with van der Waals surface area (Å²) in [5, 5.41) is 3.92. The second kappa shape index (κ2) is 7.89. The van der Waals surface area contributed by atoms with Crippen molar-refractivity contribution in [1.82, 2.24) is 20.0 Å². The number of aromatic nitrogens is 3. The van der Waals surface area contributed by atoms with E-state index in [-0.39, 0.29) is 17.2 Å². The van der Waals surface area contributed by atoms with Gasteiger partial charge in [-0.15, -0.1) is 0 Å². The van der Waals surface area contributed by atoms with Crippen LogP contribution < -0.4 is 4.90 Å². The average molecular weight is 386 g/mol. The lowest BCUT2D eigenvalue weighted by atomic mass is 9.91. The van der Waals surface area contributed by atoms with Crippen LogP contribution in [0.1, 0.15) is 75.0 Å². The van der Waals surface area contributed by atoms with Gasteiger partial charge in [0.05, 0.1) is 11.4 Å². The summed E-state index contributed by atoms with van der Waals surface area (Å²) in [5.74, 6) is 2.09. The quantitative estimate of drug-likeness (QED) is 0.803. The fourth-order valence-electron chi connectivity index (χ4n) is 3.25. The van der Waals surface area contributed by atoms with Crippen LogP contribution in [0.15, 0.2) is 16.9 Å². The highest BCUT2D eigenvalue weighted by molar-refractivity contribution is 5.95. The van der Waals surface area contributed by atoms with Gasteiger partial charge in [-0.3, -0.25) is 4.79 Å². The molecule has 28 heavy (non-hydrogen) atoms. The molecule has 1 aliphatic rings. The largest absolute Gasteiger partial charge is 0.364 e. The van der Waals surface area contributed by atoms with E-state index in [1.54, 1.807) is 0 Å². The van der Waals surface area contributed by atoms with E-state index in [4.69, 9.17) is 14.5 Å². The molecule has 2 aromatic rings. The molecule has 0 radical (unpaired) electrons. The van der Waals surface area contributed by atoms with Gasteiger partial charge in [0.15, 0.2) is 0 Å². The Hall–Kier alpha value is -2.44. The van der Waals surface area contributed by atoms with Crippen molar-refractivity contribution in [3.63, 3.8) is 0 Å². The molecular weight excluding hydrogens is 354 g/mol. The molecule has 0 aliphatic carbocycles. The highest BCUT2D eigenvalue weighted by Crippen LogP contribution is 2.26. The maximum atomic E-state index is 12.8. The Balaban J connectivity index is 1.76. The molecule has 0 spiro atoms. The first-order chi connectivity index (χ1) is 13.2. The molecule has 0 atom stereocenters. The minimum atomic E-state index is -0.0377. The minimum absolute atomic E-state index is 0.00122. The molecule has 3 heterocycles. The SMILES string of the molecule is CCc1nocc1C(=O)N1CCN(c2cc(C(C)(C)C)nc(C(C)C)n2)CC1. The van der Waals surface area contributed by atoms with Crippen molar-refractivity contribution in [2.24, 2.45) is 0 Å². The van der Waals surface area contributed by atoms with E-state index in [1.807, 2.05) is 11.8 Å². The topological polar surface area (TPSA) is 75.4 Å². The van der Waals surface area contributed by atoms with E-state index >= 15 is 0 Å². The van der Waals surface area contributed by atoms with Crippen LogP contribution in [0, 0.1) is 0 Å². The van der Waals surface area contributed by atoms with Gasteiger partial charge in [0.25, 0.3) is 5.91 Å². The zero-order valence-corrected chi connectivity index (χ0v) is 17.8. The highest BCUT2D eigenvalue weighted by Gasteiger charge is 2.27. The van der Waals surface area contributed by atoms with Gasteiger partial charge in [-0.2, -0.15) is 0 Å². The standard InChI is InChI=1S/C21H31N5O2/c1-7-16-15(13-28-24-16)20(27)26-10-8-25(9-11-26)18-12-17(21(4,5)6)22-19(23-18)14(2)3/h12-14H,7-11H2,1-6H3. The van der Waals surface area contributed by atoms with Gasteiger partial charge in [-0.25, -0.2) is 9.97 Å². The number of hydrogen-bond donors (Lipinski definition) is 0. The molecule has 0 bridgehead atoms. The van der Waals surface area contributed by atoms with Crippen LogP contribution in [0.5, 0.6) is 0 Å². The molecule has 0 unspecified atom stereocenters. The van der Waals surface area contributed by atoms with E-state index in [0.29, 0.717) is 25.1 Å². The van der Waals surface area contributed by atoms with Gasteiger partial charge in [0.1, 0.15) is 23.5 Å². The first-order valence-corrected chi connectivity index (χ1v) is 10.1. The Morgan fingerprint density at radius 3 is 2.43 bits per heavy atom. The molecule has 0 saturated carbocycles. The lowest BCUT2D eigenvalue weighted by molar-refractivity contribution is 0.0745. The van der Waals surface area contributed by atoms with Crippen LogP contribution in [0.2, 0.25) is 0 Å². The number of carbonyl (C=O) groups is 1. The zero-order chi connectivity index (χ0) is 20.5. The summed E-state index contributed by atoms with van der Waals surface area (Å²) >= 11 is 0. The number of carbonyl (C=O) groups excluding carboxylic acids is 1. The number of rotatable bonds is 4. The zero-order valence-electron chi connectivity index (χ0n) is 17.8. The van der Waals surface area contributed by atoms with Gasteiger partial charge in [0, 0.05) is 43.6 Å². The number of nitrogens with zero attached hydrogens (tertiary/aromatic N) is 5. The summed E-state index contributed by atoms with van der Waals surface area (Å²) in [6.07, 6.45) is 2.15. The van der Waals surface area contributed by atoms with Crippen LogP contribution in [0.4, 0.5) is 5.82 Å². The molecule has 2 aromatic heterocycles. The van der Waals surface area contributed by atoms with Crippen LogP contribution >= 0.6 is 0 Å². The lowest BCUT2D eigenvalue weighted by Gasteiger charge is -2.36. The summed E-state index contributed by atoms with van der Waals surface area (Å²) in [6, 6.07) is 2.10. The molecule has 1 amide bonds. The van der Waals surface area contributed by atoms with Crippen LogP contribution in [-0.2, 0) is 11.8 Å². The number of piperazine rings is 1. The molecule has 7 heteroatoms. The van der Waals surface area contributed by atoms with E-state index in [0.717, 1.165) is 36.1 Å². The molecule has 3 rings (SSSR count). The van der Waals surface area contributed by atoms with Gasteiger partial charge in [-0.1, -0.05) is 46.7 Å². The summed E-state index contributed by atoms with van der Waals surface area (Å²) in [5.41, 5.74) is 2.32. The van der Waals surface area contributed by atoms with Crippen molar-refractivity contribution in [1.29, 1.82) is 0 Å². The number of amides is 1. The molecular formula is C21H31N5O2. The number of anilines is 1. The molecule has 7 nitrogen and oxygen atoms in total. The van der Waals surface area contributed by atoms with Gasteiger partial charge >= 0.3 is 0 Å². The van der Waals surface area contributed by atoms with Crippen molar-refractivity contribution in [3.8, 4) is 0 Å². The summed E-state index contributed by atoms with van der Waals surface area (Å²) in [6.45, 7) is 15.5. The predicted molar refractivity (Wildman–Crippen MR) is 109 cm³/mol. The van der Waals surface area contributed by atoms with Gasteiger partial charge in [0.2, 0.25) is 0 Å². The molecule has 0 N–H and O–H groups in total. The van der Waals surface area contributed by atoms with E-state index in [2.05, 4.69) is 50.7 Å². The first kappa shape index (κ1) is 20.3. The minimum Gasteiger partial charge on any atom is -0.364 e. The Bertz CT molecular complexity index is 830. The third kappa shape index (κ3) is 4.18. The van der Waals surface area contributed by atoms with Gasteiger partial charge < -0.3 is 14.3 Å². The molecule has 1 aliphatic heterocycles. The molecule has 152 valence electrons. The predicted octanol–water partition coefficient (Wildman–Crippen LogP) is 3.41. The summed E-state index contributed by atoms with van der Waals surface area (Å²) < 4.78 is 4.99. The van der Waals surface area contributed by atoms with E-state index in [1.165, 1.54) is 6.26 Å². The highest BCUT2D eigenvalue weighted by atomic mass is 16.5. The third-order valence-corrected chi connectivity index (χ3v) is 5.12. The van der Waals surface area contributed by atoms with E-state index < -0.39 is 0 Å². The number of aryl methyl sites for hydroxylation is 1. The van der Waals surface area contributed by atoms with Crippen molar-refractivity contribution in [2.45, 2.75) is 59.3 Å². The van der Waals surface area contributed by atoms with Crippen molar-refractivity contribution < 1.29 is 9.32 Å². The normalized spacial score (nSPS) is 15.4. The Labute approximate surface area is 167 Å². The number of hydrogen-bond acceptors (Lipinski definition) is 6. The van der Waals surface area contributed by atoms with Crippen molar-refractivity contribution in [3.05, 3.63) is 35.1 Å². The smallest absolute Gasteiger partial charge is 0.259 e. The fraction of sp³-hybridized carbons (Fsp3) is 0.619. The monoisotopic (exact) mass is 385 g/mol. The van der Waals surface area contributed by atoms with Crippen LogP contribution in [0.25, 0.3) is 0 Å². The fourth-order valence-corrected chi connectivity index (χ4v) is 3.25. The second-order valence-electron chi connectivity index (χ2n) is 8.68. The molecule has 1 saturated heterocycles. The summed E-state index contributed by atoms with van der Waals surface area (Å²) in [4.78, 5) is 26.5. The van der Waals surface area contributed by atoms with Crippen LogP contribution in [0.3, 0.4) is 0 Å². The Morgan fingerprint density at radius 2 is 1.86 bits per heavy atom. The second-order valence-corrected chi connectivity index (χ2v) is 8.68.